The molecule has 1 nitrogen and oxygen atoms in total. The molecule has 2 aromatic rings. The fraction of sp³-hybridized carbons (Fsp3) is 0.412. The van der Waals surface area contributed by atoms with Gasteiger partial charge < -0.3 is 4.74 Å². The Bertz CT molecular complexity index is 558. The zero-order valence-corrected chi connectivity index (χ0v) is 12.7. The Hall–Kier alpha value is -1.02. The average Bonchev–Trinajstić information content (AvgIpc) is 2.46. The standard InChI is InChI=1S/C17H19BrO/c18-17-11-15(10-14-8-4-5-9-16(14)17)19-12-13-6-2-1-3-7-13/h4-5,8-11,13H,1-3,6-7,12H2. The van der Waals surface area contributed by atoms with E-state index in [1.54, 1.807) is 0 Å². The van der Waals surface area contributed by atoms with E-state index in [9.17, 15) is 0 Å². The molecule has 0 aromatic heterocycles. The van der Waals surface area contributed by atoms with E-state index in [2.05, 4.69) is 52.3 Å². The first-order chi connectivity index (χ1) is 9.33. The maximum absolute atomic E-state index is 6.00. The maximum atomic E-state index is 6.00. The molecule has 0 aliphatic heterocycles. The number of hydrogen-bond acceptors (Lipinski definition) is 1. The van der Waals surface area contributed by atoms with Gasteiger partial charge in [0.05, 0.1) is 6.61 Å². The molecule has 19 heavy (non-hydrogen) atoms. The predicted molar refractivity (Wildman–Crippen MR) is 83.7 cm³/mol. The summed E-state index contributed by atoms with van der Waals surface area (Å²) in [5, 5.41) is 2.48. The zero-order valence-electron chi connectivity index (χ0n) is 11.1. The van der Waals surface area contributed by atoms with Gasteiger partial charge in [0.15, 0.2) is 0 Å². The van der Waals surface area contributed by atoms with E-state index < -0.39 is 0 Å². The summed E-state index contributed by atoms with van der Waals surface area (Å²) >= 11 is 3.63. The summed E-state index contributed by atoms with van der Waals surface area (Å²) in [7, 11) is 0. The van der Waals surface area contributed by atoms with E-state index >= 15 is 0 Å². The van der Waals surface area contributed by atoms with Crippen LogP contribution in [0.5, 0.6) is 5.75 Å². The molecule has 0 bridgehead atoms. The molecule has 0 spiro atoms. The molecule has 0 saturated heterocycles. The van der Waals surface area contributed by atoms with E-state index in [4.69, 9.17) is 4.74 Å². The Balaban J connectivity index is 1.73. The van der Waals surface area contributed by atoms with Crippen molar-refractivity contribution in [2.24, 2.45) is 5.92 Å². The van der Waals surface area contributed by atoms with Gasteiger partial charge in [-0.25, -0.2) is 0 Å². The van der Waals surface area contributed by atoms with Gasteiger partial charge in [0.2, 0.25) is 0 Å². The molecule has 0 atom stereocenters. The SMILES string of the molecule is Brc1cc(OCC2CCCCC2)cc2ccccc12. The molecule has 2 aromatic carbocycles. The van der Waals surface area contributed by atoms with Crippen molar-refractivity contribution in [3.8, 4) is 5.75 Å². The normalized spacial score (nSPS) is 16.7. The van der Waals surface area contributed by atoms with Crippen LogP contribution in [0.25, 0.3) is 10.8 Å². The highest BCUT2D eigenvalue weighted by Gasteiger charge is 2.14. The van der Waals surface area contributed by atoms with Crippen molar-refractivity contribution in [1.82, 2.24) is 0 Å². The molecular formula is C17H19BrO. The highest BCUT2D eigenvalue weighted by atomic mass is 79.9. The molecule has 1 aliphatic rings. The largest absolute Gasteiger partial charge is 0.493 e. The summed E-state index contributed by atoms with van der Waals surface area (Å²) in [4.78, 5) is 0. The summed E-state index contributed by atoms with van der Waals surface area (Å²) in [6, 6.07) is 12.6. The minimum Gasteiger partial charge on any atom is -0.493 e. The first-order valence-corrected chi connectivity index (χ1v) is 7.93. The van der Waals surface area contributed by atoms with Crippen molar-refractivity contribution >= 4 is 26.7 Å². The number of hydrogen-bond donors (Lipinski definition) is 0. The van der Waals surface area contributed by atoms with Crippen LogP contribution in [0.2, 0.25) is 0 Å². The molecule has 0 amide bonds. The third kappa shape index (κ3) is 3.11. The Morgan fingerprint density at radius 1 is 1.05 bits per heavy atom. The second kappa shape index (κ2) is 5.96. The molecule has 1 aliphatic carbocycles. The topological polar surface area (TPSA) is 9.23 Å². The van der Waals surface area contributed by atoms with Crippen molar-refractivity contribution in [2.75, 3.05) is 6.61 Å². The summed E-state index contributed by atoms with van der Waals surface area (Å²) in [6.45, 7) is 0.866. The van der Waals surface area contributed by atoms with E-state index in [1.165, 1.54) is 42.9 Å². The van der Waals surface area contributed by atoms with Crippen molar-refractivity contribution in [2.45, 2.75) is 32.1 Å². The minimum atomic E-state index is 0.749. The summed E-state index contributed by atoms with van der Waals surface area (Å²) in [6.07, 6.45) is 6.80. The molecule has 100 valence electrons. The van der Waals surface area contributed by atoms with Gasteiger partial charge in [-0.2, -0.15) is 0 Å². The van der Waals surface area contributed by atoms with Crippen LogP contribution in [0.1, 0.15) is 32.1 Å². The number of rotatable bonds is 3. The summed E-state index contributed by atoms with van der Waals surface area (Å²) < 4.78 is 7.12. The van der Waals surface area contributed by atoms with Crippen LogP contribution < -0.4 is 4.74 Å². The highest BCUT2D eigenvalue weighted by Crippen LogP contribution is 2.30. The Kier molecular flexibility index (Phi) is 4.07. The molecule has 0 radical (unpaired) electrons. The molecule has 1 saturated carbocycles. The number of benzene rings is 2. The van der Waals surface area contributed by atoms with Crippen LogP contribution in [-0.4, -0.2) is 6.61 Å². The third-order valence-electron chi connectivity index (χ3n) is 4.00. The fourth-order valence-corrected chi connectivity index (χ4v) is 3.48. The molecule has 0 N–H and O–H groups in total. The lowest BCUT2D eigenvalue weighted by atomic mass is 9.90. The predicted octanol–water partition coefficient (Wildman–Crippen LogP) is 5.56. The van der Waals surface area contributed by atoms with E-state index in [0.717, 1.165) is 22.7 Å². The van der Waals surface area contributed by atoms with Crippen molar-refractivity contribution in [3.05, 3.63) is 40.9 Å². The van der Waals surface area contributed by atoms with Crippen molar-refractivity contribution < 1.29 is 4.74 Å². The summed E-state index contributed by atoms with van der Waals surface area (Å²) in [5.41, 5.74) is 0. The Morgan fingerprint density at radius 2 is 1.84 bits per heavy atom. The molecule has 1 fully saturated rings. The van der Waals surface area contributed by atoms with Crippen LogP contribution >= 0.6 is 15.9 Å². The van der Waals surface area contributed by atoms with Crippen molar-refractivity contribution in [1.29, 1.82) is 0 Å². The molecule has 0 heterocycles. The van der Waals surface area contributed by atoms with Crippen LogP contribution in [-0.2, 0) is 0 Å². The minimum absolute atomic E-state index is 0.749. The first kappa shape index (κ1) is 13.0. The monoisotopic (exact) mass is 318 g/mol. The molecular weight excluding hydrogens is 300 g/mol. The van der Waals surface area contributed by atoms with Crippen molar-refractivity contribution in [3.63, 3.8) is 0 Å². The van der Waals surface area contributed by atoms with Gasteiger partial charge in [-0.3, -0.25) is 0 Å². The van der Waals surface area contributed by atoms with Crippen LogP contribution in [0, 0.1) is 5.92 Å². The maximum Gasteiger partial charge on any atom is 0.121 e. The van der Waals surface area contributed by atoms with Gasteiger partial charge in [0, 0.05) is 4.47 Å². The third-order valence-corrected chi connectivity index (χ3v) is 4.65. The lowest BCUT2D eigenvalue weighted by Gasteiger charge is -2.21. The van der Waals surface area contributed by atoms with Gasteiger partial charge in [0.1, 0.15) is 5.75 Å². The lowest BCUT2D eigenvalue weighted by molar-refractivity contribution is 0.209. The number of ether oxygens (including phenoxy) is 1. The molecule has 0 unspecified atom stereocenters. The fourth-order valence-electron chi connectivity index (χ4n) is 2.89. The Morgan fingerprint density at radius 3 is 2.68 bits per heavy atom. The number of fused-ring (bicyclic) bond motifs is 1. The Labute approximate surface area is 123 Å². The quantitative estimate of drug-likeness (QED) is 0.719. The van der Waals surface area contributed by atoms with Gasteiger partial charge >= 0.3 is 0 Å². The second-order valence-corrected chi connectivity index (χ2v) is 6.30. The first-order valence-electron chi connectivity index (χ1n) is 7.14. The zero-order chi connectivity index (χ0) is 13.1. The summed E-state index contributed by atoms with van der Waals surface area (Å²) in [5.74, 6) is 1.73. The van der Waals surface area contributed by atoms with E-state index in [0.29, 0.717) is 0 Å². The van der Waals surface area contributed by atoms with Gasteiger partial charge in [-0.15, -0.1) is 0 Å². The second-order valence-electron chi connectivity index (χ2n) is 5.44. The average molecular weight is 319 g/mol. The van der Waals surface area contributed by atoms with Gasteiger partial charge in [-0.05, 0) is 41.7 Å². The lowest BCUT2D eigenvalue weighted by Crippen LogP contribution is -2.15. The highest BCUT2D eigenvalue weighted by molar-refractivity contribution is 9.10. The van der Waals surface area contributed by atoms with E-state index in [1.807, 2.05) is 0 Å². The van der Waals surface area contributed by atoms with Gasteiger partial charge in [0.25, 0.3) is 0 Å². The van der Waals surface area contributed by atoms with E-state index in [-0.39, 0.29) is 0 Å². The smallest absolute Gasteiger partial charge is 0.121 e. The molecule has 3 rings (SSSR count). The van der Waals surface area contributed by atoms with Crippen LogP contribution in [0.3, 0.4) is 0 Å². The van der Waals surface area contributed by atoms with Crippen LogP contribution in [0.15, 0.2) is 40.9 Å². The molecule has 2 heteroatoms. The number of halogens is 1. The van der Waals surface area contributed by atoms with Gasteiger partial charge in [-0.1, -0.05) is 59.5 Å². The van der Waals surface area contributed by atoms with Crippen LogP contribution in [0.4, 0.5) is 0 Å².